The zero-order valence-electron chi connectivity index (χ0n) is 16.2. The number of benzene rings is 2. The van der Waals surface area contributed by atoms with Crippen LogP contribution in [-0.4, -0.2) is 47.0 Å². The summed E-state index contributed by atoms with van der Waals surface area (Å²) in [7, 11) is 0. The monoisotopic (exact) mass is 390 g/mol. The zero-order chi connectivity index (χ0) is 20.2. The Hall–Kier alpha value is -3.28. The number of hydrogen-bond donors (Lipinski definition) is 0. The van der Waals surface area contributed by atoms with Crippen LogP contribution in [0, 0.1) is 5.82 Å². The van der Waals surface area contributed by atoms with Gasteiger partial charge in [-0.15, -0.1) is 0 Å². The topological polar surface area (TPSA) is 49.3 Å². The van der Waals surface area contributed by atoms with E-state index < -0.39 is 0 Å². The second-order valence-corrected chi connectivity index (χ2v) is 7.13. The van der Waals surface area contributed by atoms with E-state index in [0.29, 0.717) is 39.0 Å². The van der Waals surface area contributed by atoms with Gasteiger partial charge in [0.2, 0.25) is 5.91 Å². The van der Waals surface area contributed by atoms with Gasteiger partial charge in [-0.2, -0.15) is 0 Å². The van der Waals surface area contributed by atoms with Gasteiger partial charge in [0.05, 0.1) is 5.52 Å². The molecule has 0 unspecified atom stereocenters. The molecule has 0 bridgehead atoms. The average molecular weight is 390 g/mol. The second kappa shape index (κ2) is 8.39. The number of piperazine rings is 1. The van der Waals surface area contributed by atoms with Gasteiger partial charge in [-0.3, -0.25) is 4.79 Å². The predicted molar refractivity (Wildman–Crippen MR) is 112 cm³/mol. The van der Waals surface area contributed by atoms with Gasteiger partial charge in [-0.05, 0) is 42.3 Å². The van der Waals surface area contributed by atoms with E-state index in [4.69, 9.17) is 9.97 Å². The van der Waals surface area contributed by atoms with Crippen LogP contribution in [0.3, 0.4) is 0 Å². The fourth-order valence-electron chi connectivity index (χ4n) is 3.68. The molecule has 0 atom stereocenters. The molecule has 1 fully saturated rings. The number of aromatic nitrogens is 2. The number of anilines is 1. The molecule has 6 heteroatoms. The molecule has 0 spiro atoms. The van der Waals surface area contributed by atoms with Crippen LogP contribution in [0.2, 0.25) is 0 Å². The highest BCUT2D eigenvalue weighted by Crippen LogP contribution is 2.25. The number of carbonyl (C=O) groups is 1. The van der Waals surface area contributed by atoms with Crippen molar-refractivity contribution in [2.24, 2.45) is 0 Å². The number of para-hydroxylation sites is 1. The van der Waals surface area contributed by atoms with Crippen LogP contribution in [0.15, 0.2) is 61.2 Å². The fraction of sp³-hybridized carbons (Fsp3) is 0.261. The van der Waals surface area contributed by atoms with Gasteiger partial charge in [0.25, 0.3) is 0 Å². The van der Waals surface area contributed by atoms with Crippen molar-refractivity contribution in [3.63, 3.8) is 0 Å². The van der Waals surface area contributed by atoms with Crippen molar-refractivity contribution < 1.29 is 9.18 Å². The molecule has 1 aliphatic rings. The van der Waals surface area contributed by atoms with Crippen molar-refractivity contribution in [3.05, 3.63) is 78.4 Å². The maximum Gasteiger partial charge on any atom is 0.246 e. The van der Waals surface area contributed by atoms with Crippen LogP contribution in [-0.2, 0) is 17.6 Å². The molecule has 0 N–H and O–H groups in total. The normalized spacial score (nSPS) is 14.2. The van der Waals surface area contributed by atoms with E-state index in [1.807, 2.05) is 30.3 Å². The summed E-state index contributed by atoms with van der Waals surface area (Å²) in [5.74, 6) is 1.38. The molecule has 1 aromatic heterocycles. The van der Waals surface area contributed by atoms with Crippen LogP contribution in [0.25, 0.3) is 10.9 Å². The van der Waals surface area contributed by atoms with Gasteiger partial charge < -0.3 is 9.80 Å². The molecule has 5 nitrogen and oxygen atoms in total. The van der Waals surface area contributed by atoms with Gasteiger partial charge in [0, 0.05) is 38.0 Å². The first-order valence-electron chi connectivity index (χ1n) is 9.80. The number of nitrogens with zero attached hydrogens (tertiary/aromatic N) is 4. The van der Waals surface area contributed by atoms with E-state index >= 15 is 0 Å². The highest BCUT2D eigenvalue weighted by atomic mass is 19.1. The van der Waals surface area contributed by atoms with Crippen LogP contribution < -0.4 is 4.90 Å². The fourth-order valence-corrected chi connectivity index (χ4v) is 3.68. The molecule has 2 heterocycles. The summed E-state index contributed by atoms with van der Waals surface area (Å²) >= 11 is 0. The third-order valence-electron chi connectivity index (χ3n) is 5.22. The third-order valence-corrected chi connectivity index (χ3v) is 5.22. The molecule has 0 radical (unpaired) electrons. The number of fused-ring (bicyclic) bond motifs is 1. The molecule has 4 rings (SSSR count). The molecule has 2 aromatic carbocycles. The van der Waals surface area contributed by atoms with Crippen molar-refractivity contribution in [2.45, 2.75) is 12.8 Å². The van der Waals surface area contributed by atoms with Gasteiger partial charge in [-0.1, -0.05) is 30.8 Å². The third kappa shape index (κ3) is 4.26. The quantitative estimate of drug-likeness (QED) is 0.627. The largest absolute Gasteiger partial charge is 0.352 e. The van der Waals surface area contributed by atoms with E-state index in [-0.39, 0.29) is 11.7 Å². The molecule has 29 heavy (non-hydrogen) atoms. The summed E-state index contributed by atoms with van der Waals surface area (Å²) in [4.78, 5) is 25.4. The molecule has 1 aliphatic heterocycles. The molecule has 148 valence electrons. The summed E-state index contributed by atoms with van der Waals surface area (Å²) in [6.07, 6.45) is 2.67. The maximum atomic E-state index is 13.5. The summed E-state index contributed by atoms with van der Waals surface area (Å²) in [6.45, 7) is 6.27. The summed E-state index contributed by atoms with van der Waals surface area (Å²) in [6, 6.07) is 14.6. The Morgan fingerprint density at radius 2 is 1.83 bits per heavy atom. The number of rotatable bonds is 5. The predicted octanol–water partition coefficient (Wildman–Crippen LogP) is 3.39. The second-order valence-electron chi connectivity index (χ2n) is 7.13. The van der Waals surface area contributed by atoms with Crippen molar-refractivity contribution in [1.82, 2.24) is 14.9 Å². The first-order chi connectivity index (χ1) is 14.1. The molecule has 3 aromatic rings. The van der Waals surface area contributed by atoms with E-state index in [2.05, 4.69) is 11.5 Å². The Morgan fingerprint density at radius 3 is 2.59 bits per heavy atom. The van der Waals surface area contributed by atoms with Crippen LogP contribution >= 0.6 is 0 Å². The van der Waals surface area contributed by atoms with Crippen LogP contribution in [0.4, 0.5) is 10.2 Å². The Bertz CT molecular complexity index is 1040. The van der Waals surface area contributed by atoms with Gasteiger partial charge in [0.1, 0.15) is 17.5 Å². The van der Waals surface area contributed by atoms with Crippen molar-refractivity contribution in [2.75, 3.05) is 31.1 Å². The SMILES string of the molecule is C=CC(=O)N1CCN(c2nc(CCc3cccc(F)c3)nc3ccccc23)CC1. The first-order valence-corrected chi connectivity index (χ1v) is 9.80. The summed E-state index contributed by atoms with van der Waals surface area (Å²) < 4.78 is 13.5. The van der Waals surface area contributed by atoms with E-state index in [0.717, 1.165) is 28.1 Å². The Morgan fingerprint density at radius 1 is 1.03 bits per heavy atom. The lowest BCUT2D eigenvalue weighted by atomic mass is 10.1. The van der Waals surface area contributed by atoms with Crippen LogP contribution in [0.1, 0.15) is 11.4 Å². The molecule has 0 saturated carbocycles. The lowest BCUT2D eigenvalue weighted by Crippen LogP contribution is -2.48. The van der Waals surface area contributed by atoms with Crippen LogP contribution in [0.5, 0.6) is 0 Å². The first kappa shape index (κ1) is 19.1. The smallest absolute Gasteiger partial charge is 0.246 e. The molecule has 1 amide bonds. The number of amides is 1. The van der Waals surface area contributed by atoms with Crippen molar-refractivity contribution in [1.29, 1.82) is 0 Å². The maximum absolute atomic E-state index is 13.5. The Balaban J connectivity index is 1.58. The lowest BCUT2D eigenvalue weighted by Gasteiger charge is -2.35. The minimum atomic E-state index is -0.227. The Kier molecular flexibility index (Phi) is 5.51. The molecule has 0 aliphatic carbocycles. The summed E-state index contributed by atoms with van der Waals surface area (Å²) in [5.41, 5.74) is 1.83. The van der Waals surface area contributed by atoms with Gasteiger partial charge in [-0.25, -0.2) is 14.4 Å². The number of hydrogen-bond acceptors (Lipinski definition) is 4. The molecule has 1 saturated heterocycles. The molecular weight excluding hydrogens is 367 g/mol. The highest BCUT2D eigenvalue weighted by Gasteiger charge is 2.22. The summed E-state index contributed by atoms with van der Waals surface area (Å²) in [5, 5.41) is 1.01. The van der Waals surface area contributed by atoms with E-state index in [9.17, 15) is 9.18 Å². The minimum Gasteiger partial charge on any atom is -0.352 e. The number of carbonyl (C=O) groups excluding carboxylic acids is 1. The van der Waals surface area contributed by atoms with E-state index in [1.165, 1.54) is 12.1 Å². The van der Waals surface area contributed by atoms with Gasteiger partial charge >= 0.3 is 0 Å². The van der Waals surface area contributed by atoms with E-state index in [1.54, 1.807) is 17.0 Å². The number of halogens is 1. The van der Waals surface area contributed by atoms with Gasteiger partial charge in [0.15, 0.2) is 0 Å². The highest BCUT2D eigenvalue weighted by molar-refractivity contribution is 5.90. The number of aryl methyl sites for hydroxylation is 2. The zero-order valence-corrected chi connectivity index (χ0v) is 16.2. The standard InChI is InChI=1S/C23H23FN4O/c1-2-22(29)27-12-14-28(15-13-27)23-19-8-3-4-9-20(19)25-21(26-23)11-10-17-6-5-7-18(24)16-17/h2-9,16H,1,10-15H2. The van der Waals surface area contributed by atoms with Crippen molar-refractivity contribution >= 4 is 22.6 Å². The molecular formula is C23H23FN4O. The average Bonchev–Trinajstić information content (AvgIpc) is 2.77. The lowest BCUT2D eigenvalue weighted by molar-refractivity contribution is -0.126. The Labute approximate surface area is 169 Å². The van der Waals surface area contributed by atoms with Crippen molar-refractivity contribution in [3.8, 4) is 0 Å². The minimum absolute atomic E-state index is 0.0343.